The summed E-state index contributed by atoms with van der Waals surface area (Å²) in [6, 6.07) is 7.72. The highest BCUT2D eigenvalue weighted by atomic mass is 35.5. The maximum Gasteiger partial charge on any atom is 0.433 e. The molecule has 2 N–H and O–H groups in total. The molecule has 0 amide bonds. The van der Waals surface area contributed by atoms with E-state index in [1.54, 1.807) is 24.5 Å². The number of allylic oxidation sites excluding steroid dienone is 1. The fourth-order valence-electron chi connectivity index (χ4n) is 2.48. The van der Waals surface area contributed by atoms with Crippen molar-refractivity contribution in [1.82, 2.24) is 15.0 Å². The number of halogens is 5. The zero-order chi connectivity index (χ0) is 25.3. The molecule has 0 atom stereocenters. The molecule has 0 aliphatic rings. The molecular weight excluding hydrogens is 490 g/mol. The van der Waals surface area contributed by atoms with E-state index in [0.29, 0.717) is 27.8 Å². The molecule has 3 aromatic rings. The molecule has 0 aliphatic heterocycles. The van der Waals surface area contributed by atoms with Crippen LogP contribution in [-0.4, -0.2) is 26.2 Å². The van der Waals surface area contributed by atoms with Crippen molar-refractivity contribution in [3.63, 3.8) is 0 Å². The van der Waals surface area contributed by atoms with Gasteiger partial charge in [-0.15, -0.1) is 0 Å². The Morgan fingerprint density at radius 1 is 1.18 bits per heavy atom. The minimum absolute atomic E-state index is 0.00832. The maximum atomic E-state index is 12.7. The Kier molecular flexibility index (Phi) is 9.83. The molecule has 2 aromatic heterocycles. The zero-order valence-electron chi connectivity index (χ0n) is 18.3. The Labute approximate surface area is 205 Å². The van der Waals surface area contributed by atoms with Gasteiger partial charge in [-0.05, 0) is 50.3 Å². The molecule has 0 aliphatic carbocycles. The second-order valence-electron chi connectivity index (χ2n) is 7.06. The van der Waals surface area contributed by atoms with E-state index in [0.717, 1.165) is 17.8 Å². The summed E-state index contributed by atoms with van der Waals surface area (Å²) in [6.45, 7) is 7.30. The smallest absolute Gasteiger partial charge is 0.433 e. The molecule has 2 heterocycles. The zero-order valence-corrected chi connectivity index (χ0v) is 19.8. The molecule has 180 valence electrons. The van der Waals surface area contributed by atoms with Gasteiger partial charge in [-0.25, -0.2) is 9.97 Å². The van der Waals surface area contributed by atoms with Crippen molar-refractivity contribution in [2.45, 2.75) is 32.7 Å². The van der Waals surface area contributed by atoms with Crippen LogP contribution in [0.25, 0.3) is 11.4 Å². The Hall–Kier alpha value is -3.17. The molecule has 0 unspecified atom stereocenters. The van der Waals surface area contributed by atoms with E-state index in [-0.39, 0.29) is 17.8 Å². The van der Waals surface area contributed by atoms with E-state index in [1.807, 2.05) is 19.9 Å². The molecule has 0 radical (unpaired) electrons. The van der Waals surface area contributed by atoms with E-state index in [4.69, 9.17) is 33.3 Å². The monoisotopic (exact) mass is 511 g/mol. The molecular formula is C23H22Cl2F3N5O. The predicted molar refractivity (Wildman–Crippen MR) is 129 cm³/mol. The van der Waals surface area contributed by atoms with Crippen LogP contribution in [0, 0.1) is 5.41 Å². The lowest BCUT2D eigenvalue weighted by molar-refractivity contribution is -0.141. The number of nitrogens with zero attached hydrogens (tertiary/aromatic N) is 3. The number of pyridine rings is 1. The predicted octanol–water partition coefficient (Wildman–Crippen LogP) is 7.00. The number of rotatable bonds is 7. The highest BCUT2D eigenvalue weighted by Crippen LogP contribution is 2.30. The first-order valence-corrected chi connectivity index (χ1v) is 10.7. The van der Waals surface area contributed by atoms with E-state index < -0.39 is 11.9 Å². The van der Waals surface area contributed by atoms with Gasteiger partial charge in [0.15, 0.2) is 5.82 Å². The first kappa shape index (κ1) is 27.1. The first-order chi connectivity index (χ1) is 16.0. The lowest BCUT2D eigenvalue weighted by atomic mass is 10.2. The fraction of sp³-hybridized carbons (Fsp3) is 0.217. The standard InChI is InChI=1S/C20H18ClF3N4O.C3H4ClN/c1-12(2)29-17-4-3-14(7-16(17)21)19-27-10-13(11-28-19)9-26-15-5-6-25-18(8-15)20(22,23)24;1-2-3(4)5/h3-8,10-12H,9H2,1-2H3,(H,25,26);2,5H,1H2. The van der Waals surface area contributed by atoms with Gasteiger partial charge in [0.2, 0.25) is 0 Å². The highest BCUT2D eigenvalue weighted by Gasteiger charge is 2.32. The summed E-state index contributed by atoms with van der Waals surface area (Å²) in [4.78, 5) is 11.9. The Morgan fingerprint density at radius 2 is 1.82 bits per heavy atom. The minimum atomic E-state index is -4.49. The summed E-state index contributed by atoms with van der Waals surface area (Å²) in [5, 5.41) is 9.75. The number of hydrogen-bond donors (Lipinski definition) is 2. The third kappa shape index (κ3) is 8.64. The molecule has 1 aromatic carbocycles. The lowest BCUT2D eigenvalue weighted by Gasteiger charge is -2.12. The van der Waals surface area contributed by atoms with Crippen LogP contribution in [0.1, 0.15) is 25.1 Å². The lowest BCUT2D eigenvalue weighted by Crippen LogP contribution is -2.09. The van der Waals surface area contributed by atoms with Crippen molar-refractivity contribution in [1.29, 1.82) is 5.41 Å². The van der Waals surface area contributed by atoms with Gasteiger partial charge in [0.25, 0.3) is 0 Å². The van der Waals surface area contributed by atoms with Gasteiger partial charge in [0.1, 0.15) is 16.6 Å². The van der Waals surface area contributed by atoms with Gasteiger partial charge in [-0.3, -0.25) is 10.4 Å². The van der Waals surface area contributed by atoms with Crippen LogP contribution < -0.4 is 10.1 Å². The molecule has 0 fully saturated rings. The second kappa shape index (κ2) is 12.3. The molecule has 0 saturated carbocycles. The van der Waals surface area contributed by atoms with Gasteiger partial charge in [-0.1, -0.05) is 29.8 Å². The number of anilines is 1. The Bertz CT molecular complexity index is 1120. The van der Waals surface area contributed by atoms with E-state index >= 15 is 0 Å². The number of alkyl halides is 3. The highest BCUT2D eigenvalue weighted by molar-refractivity contribution is 6.67. The molecule has 0 saturated heterocycles. The van der Waals surface area contributed by atoms with Crippen LogP contribution in [0.2, 0.25) is 5.02 Å². The largest absolute Gasteiger partial charge is 0.489 e. The summed E-state index contributed by atoms with van der Waals surface area (Å²) in [7, 11) is 0. The molecule has 0 bridgehead atoms. The summed E-state index contributed by atoms with van der Waals surface area (Å²) in [5.74, 6) is 1.07. The molecule has 3 rings (SSSR count). The van der Waals surface area contributed by atoms with Crippen molar-refractivity contribution in [2.75, 3.05) is 5.32 Å². The third-order valence-electron chi connectivity index (χ3n) is 3.98. The average molecular weight is 512 g/mol. The normalized spacial score (nSPS) is 10.8. The maximum absolute atomic E-state index is 12.7. The Morgan fingerprint density at radius 3 is 2.35 bits per heavy atom. The SMILES string of the molecule is C=CC(=N)Cl.CC(C)Oc1ccc(-c2ncc(CNc3ccnc(C(F)(F)F)c3)cn2)cc1Cl. The number of ether oxygens (including phenoxy) is 1. The average Bonchev–Trinajstić information content (AvgIpc) is 2.79. The molecule has 11 heteroatoms. The topological polar surface area (TPSA) is 83.8 Å². The fourth-order valence-corrected chi connectivity index (χ4v) is 2.71. The van der Waals surface area contributed by atoms with Crippen molar-refractivity contribution >= 4 is 34.1 Å². The first-order valence-electron chi connectivity index (χ1n) is 9.90. The van der Waals surface area contributed by atoms with Crippen LogP contribution in [0.15, 0.2) is 61.6 Å². The van der Waals surface area contributed by atoms with Gasteiger partial charge in [0.05, 0.1) is 11.1 Å². The van der Waals surface area contributed by atoms with Crippen molar-refractivity contribution in [3.05, 3.63) is 77.9 Å². The molecule has 34 heavy (non-hydrogen) atoms. The van der Waals surface area contributed by atoms with Crippen LogP contribution in [0.5, 0.6) is 5.75 Å². The van der Waals surface area contributed by atoms with Crippen molar-refractivity contribution < 1.29 is 17.9 Å². The second-order valence-corrected chi connectivity index (χ2v) is 7.87. The summed E-state index contributed by atoms with van der Waals surface area (Å²) >= 11 is 11.2. The van der Waals surface area contributed by atoms with Crippen LogP contribution in [0.3, 0.4) is 0 Å². The quantitative estimate of drug-likeness (QED) is 0.333. The third-order valence-corrected chi connectivity index (χ3v) is 4.43. The summed E-state index contributed by atoms with van der Waals surface area (Å²) in [6.07, 6.45) is 1.11. The number of nitrogens with one attached hydrogen (secondary N) is 2. The molecule has 6 nitrogen and oxygen atoms in total. The van der Waals surface area contributed by atoms with Crippen LogP contribution in [0.4, 0.5) is 18.9 Å². The summed E-state index contributed by atoms with van der Waals surface area (Å²) in [5.41, 5.74) is 0.805. The van der Waals surface area contributed by atoms with Crippen LogP contribution in [-0.2, 0) is 12.7 Å². The van der Waals surface area contributed by atoms with Gasteiger partial charge >= 0.3 is 6.18 Å². The number of hydrogen-bond acceptors (Lipinski definition) is 6. The van der Waals surface area contributed by atoms with Gasteiger partial charge in [-0.2, -0.15) is 13.2 Å². The molecule has 0 spiro atoms. The number of benzene rings is 1. The van der Waals surface area contributed by atoms with Crippen molar-refractivity contribution in [2.24, 2.45) is 0 Å². The number of aromatic nitrogens is 3. The van der Waals surface area contributed by atoms with Gasteiger partial charge < -0.3 is 10.1 Å². The summed E-state index contributed by atoms with van der Waals surface area (Å²) < 4.78 is 43.8. The van der Waals surface area contributed by atoms with Crippen LogP contribution >= 0.6 is 23.2 Å². The van der Waals surface area contributed by atoms with Gasteiger partial charge in [0, 0.05) is 41.9 Å². The van der Waals surface area contributed by atoms with E-state index in [1.165, 1.54) is 12.1 Å². The van der Waals surface area contributed by atoms with E-state index in [9.17, 15) is 13.2 Å². The minimum Gasteiger partial charge on any atom is -0.489 e. The Balaban J connectivity index is 0.000000739. The van der Waals surface area contributed by atoms with Crippen molar-refractivity contribution in [3.8, 4) is 17.1 Å². The van der Waals surface area contributed by atoms with E-state index in [2.05, 4.69) is 26.8 Å².